The topological polar surface area (TPSA) is 47.6 Å². The molecule has 1 amide bonds. The van der Waals surface area contributed by atoms with Crippen LogP contribution in [0.2, 0.25) is 0 Å². The molecule has 0 aromatic heterocycles. The van der Waals surface area contributed by atoms with Crippen LogP contribution in [0.4, 0.5) is 0 Å². The molecule has 1 atom stereocenters. The maximum Gasteiger partial charge on any atom is 0.221 e. The summed E-state index contributed by atoms with van der Waals surface area (Å²) < 4.78 is 0. The van der Waals surface area contributed by atoms with Gasteiger partial charge in [0.05, 0.1) is 0 Å². The van der Waals surface area contributed by atoms with Gasteiger partial charge in [0.2, 0.25) is 5.91 Å². The fourth-order valence-electron chi connectivity index (χ4n) is 3.09. The van der Waals surface area contributed by atoms with Crippen LogP contribution >= 0.6 is 0 Å². The molecule has 0 bridgehead atoms. The predicted molar refractivity (Wildman–Crippen MR) is 81.8 cm³/mol. The average molecular weight is 282 g/mol. The fourth-order valence-corrected chi connectivity index (χ4v) is 3.09. The van der Waals surface area contributed by atoms with Crippen LogP contribution in [0.15, 0.2) is 0 Å². The van der Waals surface area contributed by atoms with E-state index in [4.69, 9.17) is 0 Å². The van der Waals surface area contributed by atoms with Crippen molar-refractivity contribution in [3.8, 4) is 0 Å². The van der Waals surface area contributed by atoms with Gasteiger partial charge in [-0.05, 0) is 38.9 Å². The first kappa shape index (κ1) is 15.7. The molecule has 2 heterocycles. The number of amides is 1. The van der Waals surface area contributed by atoms with Gasteiger partial charge in [-0.3, -0.25) is 4.79 Å². The zero-order valence-electron chi connectivity index (χ0n) is 12.9. The molecule has 0 aromatic carbocycles. The summed E-state index contributed by atoms with van der Waals surface area (Å²) in [7, 11) is 0. The van der Waals surface area contributed by atoms with Gasteiger partial charge in [0.25, 0.3) is 0 Å². The summed E-state index contributed by atoms with van der Waals surface area (Å²) in [5, 5.41) is 6.42. The monoisotopic (exact) mass is 282 g/mol. The first-order valence-electron chi connectivity index (χ1n) is 8.22. The smallest absolute Gasteiger partial charge is 0.221 e. The zero-order valence-corrected chi connectivity index (χ0v) is 12.9. The standard InChI is InChI=1S/C15H30N4O/c1-2-18-9-11-19(12-10-18)8-4-7-17-15(20)13-14-5-3-6-16-14/h14,16H,2-13H2,1H3,(H,17,20). The van der Waals surface area contributed by atoms with Gasteiger partial charge in [0.1, 0.15) is 0 Å². The maximum atomic E-state index is 11.8. The third kappa shape index (κ3) is 5.38. The van der Waals surface area contributed by atoms with Gasteiger partial charge < -0.3 is 20.4 Å². The Labute approximate surface area is 123 Å². The molecule has 5 heteroatoms. The lowest BCUT2D eigenvalue weighted by atomic mass is 10.1. The first-order valence-corrected chi connectivity index (χ1v) is 8.22. The third-order valence-corrected chi connectivity index (χ3v) is 4.48. The van der Waals surface area contributed by atoms with Crippen LogP contribution in [0.3, 0.4) is 0 Å². The van der Waals surface area contributed by atoms with Crippen molar-refractivity contribution in [3.05, 3.63) is 0 Å². The molecule has 0 aromatic rings. The Balaban J connectivity index is 1.48. The van der Waals surface area contributed by atoms with Crippen LogP contribution < -0.4 is 10.6 Å². The minimum Gasteiger partial charge on any atom is -0.356 e. The highest BCUT2D eigenvalue weighted by molar-refractivity contribution is 5.76. The largest absolute Gasteiger partial charge is 0.356 e. The predicted octanol–water partition coefficient (Wildman–Crippen LogP) is 0.272. The molecule has 2 saturated heterocycles. The molecular weight excluding hydrogens is 252 g/mol. The Morgan fingerprint density at radius 1 is 1.25 bits per heavy atom. The van der Waals surface area contributed by atoms with E-state index in [-0.39, 0.29) is 5.91 Å². The van der Waals surface area contributed by atoms with Gasteiger partial charge in [0, 0.05) is 45.2 Å². The summed E-state index contributed by atoms with van der Waals surface area (Å²) in [5.41, 5.74) is 0. The molecule has 20 heavy (non-hydrogen) atoms. The number of carbonyl (C=O) groups is 1. The van der Waals surface area contributed by atoms with Crippen molar-refractivity contribution >= 4 is 5.91 Å². The molecule has 0 spiro atoms. The summed E-state index contributed by atoms with van der Waals surface area (Å²) in [4.78, 5) is 16.8. The molecule has 5 nitrogen and oxygen atoms in total. The molecule has 2 N–H and O–H groups in total. The van der Waals surface area contributed by atoms with Gasteiger partial charge in [0.15, 0.2) is 0 Å². The van der Waals surface area contributed by atoms with Gasteiger partial charge in [-0.1, -0.05) is 6.92 Å². The summed E-state index contributed by atoms with van der Waals surface area (Å²) >= 11 is 0. The van der Waals surface area contributed by atoms with Crippen LogP contribution in [0.1, 0.15) is 32.6 Å². The van der Waals surface area contributed by atoms with Gasteiger partial charge in [-0.25, -0.2) is 0 Å². The Morgan fingerprint density at radius 2 is 2.00 bits per heavy atom. The van der Waals surface area contributed by atoms with E-state index in [0.717, 1.165) is 32.5 Å². The Hall–Kier alpha value is -0.650. The number of rotatable bonds is 7. The molecular formula is C15H30N4O. The molecule has 2 aliphatic heterocycles. The number of carbonyl (C=O) groups excluding carboxylic acids is 1. The quantitative estimate of drug-likeness (QED) is 0.658. The third-order valence-electron chi connectivity index (χ3n) is 4.48. The van der Waals surface area contributed by atoms with Crippen molar-refractivity contribution in [1.82, 2.24) is 20.4 Å². The van der Waals surface area contributed by atoms with Crippen molar-refractivity contribution < 1.29 is 4.79 Å². The number of hydrogen-bond donors (Lipinski definition) is 2. The van der Waals surface area contributed by atoms with Crippen LogP contribution in [0, 0.1) is 0 Å². The number of nitrogens with zero attached hydrogens (tertiary/aromatic N) is 2. The van der Waals surface area contributed by atoms with Crippen LogP contribution in [-0.2, 0) is 4.79 Å². The van der Waals surface area contributed by atoms with Crippen molar-refractivity contribution in [2.24, 2.45) is 0 Å². The average Bonchev–Trinajstić information content (AvgIpc) is 2.97. The minimum absolute atomic E-state index is 0.209. The van der Waals surface area contributed by atoms with E-state index in [1.54, 1.807) is 0 Å². The van der Waals surface area contributed by atoms with Gasteiger partial charge >= 0.3 is 0 Å². The Kier molecular flexibility index (Phi) is 6.76. The molecule has 1 unspecified atom stereocenters. The SMILES string of the molecule is CCN1CCN(CCCNC(=O)CC2CCCN2)CC1. The number of nitrogens with one attached hydrogen (secondary N) is 2. The molecule has 0 radical (unpaired) electrons. The van der Waals surface area contributed by atoms with E-state index < -0.39 is 0 Å². The second-order valence-electron chi connectivity index (χ2n) is 5.98. The second kappa shape index (κ2) is 8.60. The summed E-state index contributed by atoms with van der Waals surface area (Å²) in [5.74, 6) is 0.209. The fraction of sp³-hybridized carbons (Fsp3) is 0.933. The number of piperazine rings is 1. The van der Waals surface area contributed by atoms with Crippen molar-refractivity contribution in [3.63, 3.8) is 0 Å². The van der Waals surface area contributed by atoms with E-state index in [1.165, 1.54) is 39.1 Å². The van der Waals surface area contributed by atoms with Crippen LogP contribution in [0.25, 0.3) is 0 Å². The molecule has 116 valence electrons. The minimum atomic E-state index is 0.209. The van der Waals surface area contributed by atoms with E-state index in [1.807, 2.05) is 0 Å². The maximum absolute atomic E-state index is 11.8. The summed E-state index contributed by atoms with van der Waals surface area (Å²) in [6, 6.07) is 0.414. The number of hydrogen-bond acceptors (Lipinski definition) is 4. The van der Waals surface area contributed by atoms with E-state index in [0.29, 0.717) is 12.5 Å². The summed E-state index contributed by atoms with van der Waals surface area (Å²) in [6.07, 6.45) is 4.07. The van der Waals surface area contributed by atoms with Gasteiger partial charge in [-0.15, -0.1) is 0 Å². The lowest BCUT2D eigenvalue weighted by molar-refractivity contribution is -0.121. The number of likely N-dealkylation sites (N-methyl/N-ethyl adjacent to an activating group) is 1. The zero-order chi connectivity index (χ0) is 14.2. The Bertz CT molecular complexity index is 284. The Morgan fingerprint density at radius 3 is 2.65 bits per heavy atom. The van der Waals surface area contributed by atoms with E-state index in [9.17, 15) is 4.79 Å². The molecule has 2 fully saturated rings. The van der Waals surface area contributed by atoms with E-state index in [2.05, 4.69) is 27.4 Å². The van der Waals surface area contributed by atoms with Gasteiger partial charge in [-0.2, -0.15) is 0 Å². The van der Waals surface area contributed by atoms with Crippen molar-refractivity contribution in [2.45, 2.75) is 38.6 Å². The first-order chi connectivity index (χ1) is 9.78. The lowest BCUT2D eigenvalue weighted by Crippen LogP contribution is -2.46. The highest BCUT2D eigenvalue weighted by Crippen LogP contribution is 2.08. The second-order valence-corrected chi connectivity index (χ2v) is 5.98. The van der Waals surface area contributed by atoms with Crippen LogP contribution in [-0.4, -0.2) is 74.1 Å². The van der Waals surface area contributed by atoms with Crippen molar-refractivity contribution in [2.75, 3.05) is 52.4 Å². The normalized spacial score (nSPS) is 24.9. The molecule has 0 aliphatic carbocycles. The summed E-state index contributed by atoms with van der Waals surface area (Å²) in [6.45, 7) is 11.1. The highest BCUT2D eigenvalue weighted by atomic mass is 16.1. The molecule has 2 rings (SSSR count). The highest BCUT2D eigenvalue weighted by Gasteiger charge is 2.17. The van der Waals surface area contributed by atoms with E-state index >= 15 is 0 Å². The van der Waals surface area contributed by atoms with Crippen molar-refractivity contribution in [1.29, 1.82) is 0 Å². The molecule has 0 saturated carbocycles. The molecule has 2 aliphatic rings. The lowest BCUT2D eigenvalue weighted by Gasteiger charge is -2.33. The van der Waals surface area contributed by atoms with Crippen LogP contribution in [0.5, 0.6) is 0 Å².